The molecule has 29 heavy (non-hydrogen) atoms. The van der Waals surface area contributed by atoms with E-state index >= 15 is 0 Å². The predicted octanol–water partition coefficient (Wildman–Crippen LogP) is 5.17. The van der Waals surface area contributed by atoms with Crippen molar-refractivity contribution in [2.45, 2.75) is 50.4 Å². The Kier molecular flexibility index (Phi) is 5.06. The summed E-state index contributed by atoms with van der Waals surface area (Å²) in [7, 11) is 0. The highest BCUT2D eigenvalue weighted by Crippen LogP contribution is 2.42. The summed E-state index contributed by atoms with van der Waals surface area (Å²) >= 11 is 5.82. The Labute approximate surface area is 177 Å². The van der Waals surface area contributed by atoms with Gasteiger partial charge in [-0.15, -0.1) is 0 Å². The highest BCUT2D eigenvalue weighted by molar-refractivity contribution is 7.80. The van der Waals surface area contributed by atoms with Crippen LogP contribution in [-0.4, -0.2) is 19.6 Å². The van der Waals surface area contributed by atoms with E-state index in [-0.39, 0.29) is 12.1 Å². The minimum atomic E-state index is 0.0439. The summed E-state index contributed by atoms with van der Waals surface area (Å²) in [5.41, 5.74) is 3.63. The average Bonchev–Trinajstić information content (AvgIpc) is 3.50. The molecule has 2 aliphatic rings. The first-order valence-electron chi connectivity index (χ1n) is 10.5. The van der Waals surface area contributed by atoms with Gasteiger partial charge in [-0.1, -0.05) is 49.2 Å². The van der Waals surface area contributed by atoms with E-state index in [1.54, 1.807) is 0 Å². The van der Waals surface area contributed by atoms with Crippen LogP contribution in [0.2, 0.25) is 0 Å². The van der Waals surface area contributed by atoms with Crippen LogP contribution < -0.4 is 5.32 Å². The van der Waals surface area contributed by atoms with E-state index in [0.717, 1.165) is 17.4 Å². The van der Waals surface area contributed by atoms with Crippen LogP contribution in [-0.2, 0) is 6.54 Å². The predicted molar refractivity (Wildman–Crippen MR) is 119 cm³/mol. The summed E-state index contributed by atoms with van der Waals surface area (Å²) in [5.74, 6) is 0. The Bertz CT molecular complexity index is 963. The summed E-state index contributed by atoms with van der Waals surface area (Å²) < 4.78 is 2.50. The smallest absolute Gasteiger partial charge is 0.170 e. The van der Waals surface area contributed by atoms with Crippen LogP contribution >= 0.6 is 12.2 Å². The van der Waals surface area contributed by atoms with Gasteiger partial charge in [-0.2, -0.15) is 0 Å². The lowest BCUT2D eigenvalue weighted by Crippen LogP contribution is -2.30. The first-order valence-corrected chi connectivity index (χ1v) is 10.9. The highest BCUT2D eigenvalue weighted by atomic mass is 32.1. The molecule has 3 aromatic rings. The quantitative estimate of drug-likeness (QED) is 0.597. The lowest BCUT2D eigenvalue weighted by atomic mass is 10.0. The Hall–Kier alpha value is -2.66. The monoisotopic (exact) mass is 402 g/mol. The van der Waals surface area contributed by atoms with E-state index in [1.807, 2.05) is 12.3 Å². The van der Waals surface area contributed by atoms with Crippen molar-refractivity contribution in [3.8, 4) is 0 Å². The Morgan fingerprint density at radius 1 is 0.966 bits per heavy atom. The third-order valence-electron chi connectivity index (χ3n) is 6.23. The number of benzene rings is 1. The molecule has 2 atom stereocenters. The third kappa shape index (κ3) is 3.55. The fourth-order valence-electron chi connectivity index (χ4n) is 4.85. The molecule has 3 heterocycles. The number of nitrogens with zero attached hydrogens (tertiary/aromatic N) is 3. The van der Waals surface area contributed by atoms with Gasteiger partial charge in [-0.05, 0) is 54.9 Å². The Balaban J connectivity index is 1.56. The van der Waals surface area contributed by atoms with Crippen molar-refractivity contribution in [3.63, 3.8) is 0 Å². The fourth-order valence-corrected chi connectivity index (χ4v) is 5.16. The molecule has 148 valence electrons. The molecule has 1 N–H and O–H groups in total. The molecule has 1 aromatic carbocycles. The first-order chi connectivity index (χ1) is 14.3. The van der Waals surface area contributed by atoms with Crippen molar-refractivity contribution in [3.05, 3.63) is 90.0 Å². The topological polar surface area (TPSA) is 33.1 Å². The second-order valence-electron chi connectivity index (χ2n) is 8.02. The van der Waals surface area contributed by atoms with E-state index < -0.39 is 0 Å². The van der Waals surface area contributed by atoms with Gasteiger partial charge in [-0.3, -0.25) is 4.98 Å². The molecule has 0 unspecified atom stereocenters. The number of hydrogen-bond acceptors (Lipinski definition) is 2. The number of nitrogens with one attached hydrogen (secondary N) is 1. The molecule has 4 nitrogen and oxygen atoms in total. The molecule has 5 heteroatoms. The lowest BCUT2D eigenvalue weighted by molar-refractivity contribution is 0.290. The van der Waals surface area contributed by atoms with E-state index in [9.17, 15) is 0 Å². The summed E-state index contributed by atoms with van der Waals surface area (Å²) in [6, 6.07) is 21.9. The van der Waals surface area contributed by atoms with Crippen molar-refractivity contribution in [2.24, 2.45) is 0 Å². The second kappa shape index (κ2) is 7.99. The normalized spacial score (nSPS) is 22.2. The van der Waals surface area contributed by atoms with Gasteiger partial charge < -0.3 is 14.8 Å². The zero-order valence-electron chi connectivity index (χ0n) is 16.4. The van der Waals surface area contributed by atoms with Gasteiger partial charge in [-0.25, -0.2) is 0 Å². The molecule has 0 radical (unpaired) electrons. The largest absolute Gasteiger partial charge is 0.352 e. The molecule has 5 rings (SSSR count). The van der Waals surface area contributed by atoms with Gasteiger partial charge in [0.1, 0.15) is 0 Å². The van der Waals surface area contributed by atoms with E-state index in [0.29, 0.717) is 6.04 Å². The zero-order chi connectivity index (χ0) is 19.6. The van der Waals surface area contributed by atoms with Crippen LogP contribution in [0.5, 0.6) is 0 Å². The maximum Gasteiger partial charge on any atom is 0.170 e. The highest BCUT2D eigenvalue weighted by Gasteiger charge is 2.41. The van der Waals surface area contributed by atoms with Crippen LogP contribution in [0, 0.1) is 0 Å². The SMILES string of the molecule is S=C1N[C@H](c2ccccn2)[C@H](c2cccn2C2CCCC2)N1Cc1ccccc1. The van der Waals surface area contributed by atoms with Crippen LogP contribution in [0.15, 0.2) is 73.1 Å². The summed E-state index contributed by atoms with van der Waals surface area (Å²) in [6.07, 6.45) is 9.29. The van der Waals surface area contributed by atoms with Gasteiger partial charge in [0.05, 0.1) is 17.8 Å². The van der Waals surface area contributed by atoms with E-state index in [1.165, 1.54) is 36.9 Å². The van der Waals surface area contributed by atoms with Crippen LogP contribution in [0.4, 0.5) is 0 Å². The molecule has 0 spiro atoms. The standard InChI is InChI=1S/C24H26N4S/c29-24-26-22(20-13-6-7-15-25-20)23(28(24)17-18-9-2-1-3-10-18)21-14-8-16-27(21)19-11-4-5-12-19/h1-3,6-10,13-16,19,22-23H,4-5,11-12,17H2,(H,26,29)/t22-,23+/m1/s1. The van der Waals surface area contributed by atoms with Crippen molar-refractivity contribution in [2.75, 3.05) is 0 Å². The van der Waals surface area contributed by atoms with Crippen molar-refractivity contribution in [1.29, 1.82) is 0 Å². The van der Waals surface area contributed by atoms with Crippen molar-refractivity contribution >= 4 is 17.3 Å². The zero-order valence-corrected chi connectivity index (χ0v) is 17.3. The van der Waals surface area contributed by atoms with E-state index in [4.69, 9.17) is 12.2 Å². The summed E-state index contributed by atoms with van der Waals surface area (Å²) in [5, 5.41) is 4.38. The number of thiocarbonyl (C=S) groups is 1. The van der Waals surface area contributed by atoms with Crippen LogP contribution in [0.3, 0.4) is 0 Å². The average molecular weight is 403 g/mol. The maximum absolute atomic E-state index is 5.82. The van der Waals surface area contributed by atoms with E-state index in [2.05, 4.69) is 80.6 Å². The molecule has 2 fully saturated rings. The molecule has 0 bridgehead atoms. The molecule has 2 aromatic heterocycles. The molecular formula is C24H26N4S. The molecule has 1 aliphatic heterocycles. The molecule has 0 amide bonds. The molecule has 1 saturated heterocycles. The van der Waals surface area contributed by atoms with Gasteiger partial charge in [0.2, 0.25) is 0 Å². The second-order valence-corrected chi connectivity index (χ2v) is 8.41. The molecular weight excluding hydrogens is 376 g/mol. The summed E-state index contributed by atoms with van der Waals surface area (Å²) in [4.78, 5) is 7.00. The van der Waals surface area contributed by atoms with Crippen molar-refractivity contribution in [1.82, 2.24) is 19.8 Å². The summed E-state index contributed by atoms with van der Waals surface area (Å²) in [6.45, 7) is 0.788. The van der Waals surface area contributed by atoms with Crippen molar-refractivity contribution < 1.29 is 0 Å². The Morgan fingerprint density at radius 2 is 1.76 bits per heavy atom. The lowest BCUT2D eigenvalue weighted by Gasteiger charge is -2.30. The van der Waals surface area contributed by atoms with Gasteiger partial charge in [0.15, 0.2) is 5.11 Å². The number of rotatable bonds is 5. The minimum Gasteiger partial charge on any atom is -0.352 e. The minimum absolute atomic E-state index is 0.0439. The number of hydrogen-bond donors (Lipinski definition) is 1. The van der Waals surface area contributed by atoms with Gasteiger partial charge in [0, 0.05) is 30.7 Å². The fraction of sp³-hybridized carbons (Fsp3) is 0.333. The maximum atomic E-state index is 5.82. The first kappa shape index (κ1) is 18.4. The number of aromatic nitrogens is 2. The molecule has 1 aliphatic carbocycles. The van der Waals surface area contributed by atoms with Gasteiger partial charge >= 0.3 is 0 Å². The third-order valence-corrected chi connectivity index (χ3v) is 6.58. The number of pyridine rings is 1. The van der Waals surface area contributed by atoms with Gasteiger partial charge in [0.25, 0.3) is 0 Å². The molecule has 1 saturated carbocycles. The van der Waals surface area contributed by atoms with Crippen LogP contribution in [0.25, 0.3) is 0 Å². The van der Waals surface area contributed by atoms with Crippen LogP contribution in [0.1, 0.15) is 60.8 Å². The Morgan fingerprint density at radius 3 is 2.52 bits per heavy atom.